The lowest BCUT2D eigenvalue weighted by Crippen LogP contribution is -1.94. The minimum atomic E-state index is 0.351. The molecule has 0 fully saturated rings. The summed E-state index contributed by atoms with van der Waals surface area (Å²) in [4.78, 5) is 13.0. The highest BCUT2D eigenvalue weighted by Gasteiger charge is 2.12. The first-order valence-electron chi connectivity index (χ1n) is 7.76. The molecule has 26 heavy (non-hydrogen) atoms. The van der Waals surface area contributed by atoms with Crippen LogP contribution in [-0.2, 0) is 0 Å². The first kappa shape index (κ1) is 15.5. The van der Waals surface area contributed by atoms with Crippen molar-refractivity contribution in [1.29, 1.82) is 5.26 Å². The number of fused-ring (bicyclic) bond motifs is 1. The molecule has 3 heterocycles. The lowest BCUT2D eigenvalue weighted by Gasteiger charge is -2.03. The summed E-state index contributed by atoms with van der Waals surface area (Å²) in [6, 6.07) is 12.9. The number of methoxy groups -OCH3 is 1. The van der Waals surface area contributed by atoms with Crippen LogP contribution in [0.1, 0.15) is 5.69 Å². The van der Waals surface area contributed by atoms with Gasteiger partial charge in [-0.3, -0.25) is 4.98 Å². The molecule has 0 unspecified atom stereocenters. The Morgan fingerprint density at radius 2 is 1.96 bits per heavy atom. The van der Waals surface area contributed by atoms with Gasteiger partial charge in [0.15, 0.2) is 5.65 Å². The molecule has 0 aliphatic rings. The number of hydrogen-bond acceptors (Lipinski definition) is 7. The van der Waals surface area contributed by atoms with E-state index < -0.39 is 0 Å². The molecular weight excluding hydrogens is 330 g/mol. The number of nitriles is 1. The summed E-state index contributed by atoms with van der Waals surface area (Å²) in [5.74, 6) is 1.23. The molecule has 8 nitrogen and oxygen atoms in total. The largest absolute Gasteiger partial charge is 0.497 e. The number of nitrogens with one attached hydrogen (secondary N) is 1. The lowest BCUT2D eigenvalue weighted by molar-refractivity contribution is 0.415. The summed E-state index contributed by atoms with van der Waals surface area (Å²) in [6.45, 7) is 0. The van der Waals surface area contributed by atoms with E-state index in [9.17, 15) is 0 Å². The van der Waals surface area contributed by atoms with E-state index in [1.165, 1.54) is 0 Å². The molecule has 3 aromatic heterocycles. The summed E-state index contributed by atoms with van der Waals surface area (Å²) in [7, 11) is 1.62. The van der Waals surface area contributed by atoms with Crippen molar-refractivity contribution in [2.45, 2.75) is 0 Å². The molecule has 1 aromatic carbocycles. The van der Waals surface area contributed by atoms with Crippen LogP contribution in [0, 0.1) is 11.3 Å². The van der Waals surface area contributed by atoms with Gasteiger partial charge in [-0.25, -0.2) is 9.50 Å². The molecule has 1 N–H and O–H groups in total. The Morgan fingerprint density at radius 3 is 2.65 bits per heavy atom. The number of pyridine rings is 1. The number of anilines is 2. The maximum Gasteiger partial charge on any atom is 0.247 e. The van der Waals surface area contributed by atoms with E-state index in [0.29, 0.717) is 23.0 Å². The van der Waals surface area contributed by atoms with Gasteiger partial charge in [-0.15, -0.1) is 5.10 Å². The maximum absolute atomic E-state index is 8.88. The number of ether oxygens (including phenoxy) is 1. The summed E-state index contributed by atoms with van der Waals surface area (Å²) >= 11 is 0. The van der Waals surface area contributed by atoms with Crippen molar-refractivity contribution >= 4 is 17.3 Å². The predicted octanol–water partition coefficient (Wildman–Crippen LogP) is 2.81. The standard InChI is InChI=1S/C18H13N7O/c1-26-15-6-4-13(5-7-15)22-18-23-17-16(20-8-9-25(17)24-18)12-2-3-14(10-19)21-11-12/h2-9,11H,1H3,(H,22,24). The molecule has 0 aliphatic heterocycles. The summed E-state index contributed by atoms with van der Waals surface area (Å²) in [6.07, 6.45) is 4.97. The second-order valence-electron chi connectivity index (χ2n) is 5.38. The van der Waals surface area contributed by atoms with E-state index in [0.717, 1.165) is 17.0 Å². The van der Waals surface area contributed by atoms with Crippen molar-refractivity contribution in [3.05, 3.63) is 60.7 Å². The van der Waals surface area contributed by atoms with Crippen LogP contribution < -0.4 is 10.1 Å². The van der Waals surface area contributed by atoms with Crippen molar-refractivity contribution in [2.24, 2.45) is 0 Å². The van der Waals surface area contributed by atoms with Gasteiger partial charge in [-0.2, -0.15) is 10.2 Å². The van der Waals surface area contributed by atoms with E-state index in [-0.39, 0.29) is 0 Å². The number of rotatable bonds is 4. The van der Waals surface area contributed by atoms with E-state index in [4.69, 9.17) is 10.00 Å². The van der Waals surface area contributed by atoms with Gasteiger partial charge in [0.05, 0.1) is 7.11 Å². The molecule has 0 saturated carbocycles. The number of nitrogens with zero attached hydrogens (tertiary/aromatic N) is 6. The monoisotopic (exact) mass is 343 g/mol. The van der Waals surface area contributed by atoms with Crippen molar-refractivity contribution < 1.29 is 4.74 Å². The third-order valence-electron chi connectivity index (χ3n) is 3.75. The van der Waals surface area contributed by atoms with Crippen LogP contribution in [-0.4, -0.2) is 31.7 Å². The quantitative estimate of drug-likeness (QED) is 0.608. The fourth-order valence-corrected chi connectivity index (χ4v) is 2.48. The first-order valence-corrected chi connectivity index (χ1v) is 7.76. The van der Waals surface area contributed by atoms with Gasteiger partial charge in [-0.05, 0) is 36.4 Å². The van der Waals surface area contributed by atoms with Crippen LogP contribution in [0.15, 0.2) is 55.0 Å². The molecule has 0 spiro atoms. The highest BCUT2D eigenvalue weighted by atomic mass is 16.5. The number of benzene rings is 1. The van der Waals surface area contributed by atoms with Crippen LogP contribution in [0.2, 0.25) is 0 Å². The van der Waals surface area contributed by atoms with Gasteiger partial charge >= 0.3 is 0 Å². The first-order chi connectivity index (χ1) is 12.8. The fourth-order valence-electron chi connectivity index (χ4n) is 2.48. The van der Waals surface area contributed by atoms with Crippen molar-refractivity contribution in [3.8, 4) is 23.1 Å². The summed E-state index contributed by atoms with van der Waals surface area (Å²) in [5, 5.41) is 16.5. The average molecular weight is 343 g/mol. The Morgan fingerprint density at radius 1 is 1.12 bits per heavy atom. The van der Waals surface area contributed by atoms with Crippen LogP contribution >= 0.6 is 0 Å². The molecule has 0 radical (unpaired) electrons. The predicted molar refractivity (Wildman–Crippen MR) is 95.0 cm³/mol. The molecule has 0 atom stereocenters. The van der Waals surface area contributed by atoms with Crippen LogP contribution in [0.5, 0.6) is 5.75 Å². The van der Waals surface area contributed by atoms with E-state index in [1.807, 2.05) is 30.3 Å². The molecular formula is C18H13N7O. The third-order valence-corrected chi connectivity index (χ3v) is 3.75. The smallest absolute Gasteiger partial charge is 0.247 e. The molecule has 126 valence electrons. The van der Waals surface area contributed by atoms with Gasteiger partial charge in [0.25, 0.3) is 0 Å². The number of aromatic nitrogens is 5. The SMILES string of the molecule is COc1ccc(Nc2nc3c(-c4ccc(C#N)nc4)nccn3n2)cc1. The zero-order valence-electron chi connectivity index (χ0n) is 13.8. The topological polar surface area (TPSA) is 101 Å². The van der Waals surface area contributed by atoms with Gasteiger partial charge in [0.2, 0.25) is 5.95 Å². The Labute approximate surface area is 148 Å². The Kier molecular flexibility index (Phi) is 3.88. The molecule has 0 saturated heterocycles. The molecule has 0 amide bonds. The Hall–Kier alpha value is -3.99. The molecule has 0 bridgehead atoms. The maximum atomic E-state index is 8.88. The second-order valence-corrected chi connectivity index (χ2v) is 5.38. The van der Waals surface area contributed by atoms with Gasteiger partial charge in [0, 0.05) is 29.8 Å². The van der Waals surface area contributed by atoms with Gasteiger partial charge in [0.1, 0.15) is 23.2 Å². The minimum Gasteiger partial charge on any atom is -0.497 e. The van der Waals surface area contributed by atoms with Crippen molar-refractivity contribution in [3.63, 3.8) is 0 Å². The van der Waals surface area contributed by atoms with E-state index in [2.05, 4.69) is 25.4 Å². The zero-order chi connectivity index (χ0) is 17.9. The normalized spacial score (nSPS) is 10.5. The van der Waals surface area contributed by atoms with E-state index in [1.54, 1.807) is 42.3 Å². The van der Waals surface area contributed by atoms with Crippen molar-refractivity contribution in [2.75, 3.05) is 12.4 Å². The Bertz CT molecular complexity index is 1100. The summed E-state index contributed by atoms with van der Waals surface area (Å²) < 4.78 is 6.80. The van der Waals surface area contributed by atoms with Crippen LogP contribution in [0.4, 0.5) is 11.6 Å². The third kappa shape index (κ3) is 2.89. The fraction of sp³-hybridized carbons (Fsp3) is 0.0556. The molecule has 0 aliphatic carbocycles. The highest BCUT2D eigenvalue weighted by molar-refractivity contribution is 5.74. The minimum absolute atomic E-state index is 0.351. The van der Waals surface area contributed by atoms with Crippen LogP contribution in [0.3, 0.4) is 0 Å². The van der Waals surface area contributed by atoms with E-state index >= 15 is 0 Å². The van der Waals surface area contributed by atoms with Gasteiger partial charge in [-0.1, -0.05) is 0 Å². The Balaban J connectivity index is 1.69. The van der Waals surface area contributed by atoms with Crippen molar-refractivity contribution in [1.82, 2.24) is 24.6 Å². The lowest BCUT2D eigenvalue weighted by atomic mass is 10.2. The molecule has 8 heteroatoms. The zero-order valence-corrected chi connectivity index (χ0v) is 13.8. The molecule has 4 rings (SSSR count). The van der Waals surface area contributed by atoms with Crippen LogP contribution in [0.25, 0.3) is 16.9 Å². The number of hydrogen-bond donors (Lipinski definition) is 1. The molecule has 4 aromatic rings. The average Bonchev–Trinajstić information content (AvgIpc) is 3.11. The van der Waals surface area contributed by atoms with Gasteiger partial charge < -0.3 is 10.1 Å². The summed E-state index contributed by atoms with van der Waals surface area (Å²) in [5.41, 5.74) is 3.19. The second kappa shape index (κ2) is 6.49. The highest BCUT2D eigenvalue weighted by Crippen LogP contribution is 2.23.